The number of nitrogens with zero attached hydrogens (tertiary/aromatic N) is 1. The van der Waals surface area contributed by atoms with E-state index in [1.807, 2.05) is 61.5 Å². The fourth-order valence-corrected chi connectivity index (χ4v) is 3.17. The summed E-state index contributed by atoms with van der Waals surface area (Å²) < 4.78 is 16.0. The minimum absolute atomic E-state index is 0.111. The minimum Gasteiger partial charge on any atom is -0.497 e. The van der Waals surface area contributed by atoms with Gasteiger partial charge in [-0.25, -0.2) is 4.98 Å². The van der Waals surface area contributed by atoms with Crippen molar-refractivity contribution in [2.75, 3.05) is 20.3 Å². The van der Waals surface area contributed by atoms with Crippen molar-refractivity contribution in [1.82, 2.24) is 9.97 Å². The highest BCUT2D eigenvalue weighted by Gasteiger charge is 2.20. The van der Waals surface area contributed by atoms with Gasteiger partial charge < -0.3 is 24.0 Å². The van der Waals surface area contributed by atoms with E-state index >= 15 is 0 Å². The monoisotopic (exact) mass is 450 g/mol. The summed E-state index contributed by atoms with van der Waals surface area (Å²) in [6.45, 7) is 2.98. The van der Waals surface area contributed by atoms with Crippen LogP contribution in [0, 0.1) is 0 Å². The zero-order valence-corrected chi connectivity index (χ0v) is 18.5. The predicted octanol–water partition coefficient (Wildman–Crippen LogP) is 4.75. The van der Waals surface area contributed by atoms with Crippen molar-refractivity contribution in [3.8, 4) is 28.2 Å². The molecule has 0 saturated heterocycles. The van der Waals surface area contributed by atoms with Crippen molar-refractivity contribution in [3.63, 3.8) is 0 Å². The van der Waals surface area contributed by atoms with Gasteiger partial charge in [-0.1, -0.05) is 49.4 Å². The van der Waals surface area contributed by atoms with E-state index < -0.39 is 5.97 Å². The SMILES string of the molecule is CCCOCCC(=O)O.COc1ccc(-c2c(-c3ccccc3)oc3nc[nH]c(=O)c23)cc1. The van der Waals surface area contributed by atoms with E-state index in [4.69, 9.17) is 19.0 Å². The number of carbonyl (C=O) groups is 1. The molecule has 0 radical (unpaired) electrons. The molecule has 2 heterocycles. The van der Waals surface area contributed by atoms with Crippen LogP contribution < -0.4 is 10.3 Å². The Morgan fingerprint density at radius 2 is 1.79 bits per heavy atom. The van der Waals surface area contributed by atoms with Crippen molar-refractivity contribution in [1.29, 1.82) is 0 Å². The topological polar surface area (TPSA) is 115 Å². The Bertz CT molecular complexity index is 1230. The van der Waals surface area contributed by atoms with Gasteiger partial charge in [0.25, 0.3) is 5.56 Å². The average molecular weight is 450 g/mol. The van der Waals surface area contributed by atoms with E-state index in [2.05, 4.69) is 9.97 Å². The van der Waals surface area contributed by atoms with E-state index in [0.717, 1.165) is 28.9 Å². The van der Waals surface area contributed by atoms with Gasteiger partial charge in [-0.05, 0) is 24.1 Å². The van der Waals surface area contributed by atoms with Crippen LogP contribution >= 0.6 is 0 Å². The van der Waals surface area contributed by atoms with E-state index in [-0.39, 0.29) is 12.0 Å². The van der Waals surface area contributed by atoms with E-state index in [1.165, 1.54) is 6.33 Å². The molecular weight excluding hydrogens is 424 g/mol. The molecule has 0 spiro atoms. The lowest BCUT2D eigenvalue weighted by Crippen LogP contribution is -2.05. The van der Waals surface area contributed by atoms with Crippen LogP contribution in [0.15, 0.2) is 70.1 Å². The quantitative estimate of drug-likeness (QED) is 0.372. The van der Waals surface area contributed by atoms with Gasteiger partial charge in [-0.3, -0.25) is 9.59 Å². The zero-order chi connectivity index (χ0) is 23.6. The van der Waals surface area contributed by atoms with Crippen LogP contribution in [0.4, 0.5) is 0 Å². The van der Waals surface area contributed by atoms with Crippen LogP contribution in [0.2, 0.25) is 0 Å². The van der Waals surface area contributed by atoms with Crippen LogP contribution in [-0.2, 0) is 9.53 Å². The number of nitrogens with one attached hydrogen (secondary N) is 1. The summed E-state index contributed by atoms with van der Waals surface area (Å²) in [6, 6.07) is 17.2. The largest absolute Gasteiger partial charge is 0.497 e. The fourth-order valence-electron chi connectivity index (χ4n) is 3.17. The summed E-state index contributed by atoms with van der Waals surface area (Å²) in [5.41, 5.74) is 2.58. The Kier molecular flexibility index (Phi) is 8.37. The Morgan fingerprint density at radius 3 is 2.42 bits per heavy atom. The van der Waals surface area contributed by atoms with Crippen LogP contribution in [0.1, 0.15) is 19.8 Å². The highest BCUT2D eigenvalue weighted by Crippen LogP contribution is 2.38. The second-order valence-corrected chi connectivity index (χ2v) is 7.07. The smallest absolute Gasteiger partial charge is 0.305 e. The third-order valence-electron chi connectivity index (χ3n) is 4.72. The second kappa shape index (κ2) is 11.6. The molecule has 4 aromatic rings. The van der Waals surface area contributed by atoms with Gasteiger partial charge in [-0.2, -0.15) is 0 Å². The average Bonchev–Trinajstić information content (AvgIpc) is 3.24. The molecule has 0 aliphatic heterocycles. The molecule has 0 bridgehead atoms. The standard InChI is InChI=1S/C19H14N2O3.C6H12O3/c1-23-14-9-7-12(8-10-14)15-16-18(22)20-11-21-19(16)24-17(15)13-5-3-2-4-6-13;1-2-4-9-5-3-6(7)8/h2-11H,1H3,(H,20,21,22);2-5H2,1H3,(H,7,8). The molecule has 0 aliphatic rings. The molecule has 8 heteroatoms. The number of H-pyrrole nitrogens is 1. The first-order valence-electron chi connectivity index (χ1n) is 10.5. The van der Waals surface area contributed by atoms with Crippen molar-refractivity contribution in [3.05, 3.63) is 71.3 Å². The number of furan rings is 1. The first kappa shape index (κ1) is 23.7. The number of hydrogen-bond donors (Lipinski definition) is 2. The van der Waals surface area contributed by atoms with Gasteiger partial charge in [0, 0.05) is 17.7 Å². The molecule has 0 amide bonds. The minimum atomic E-state index is -0.800. The molecule has 0 saturated carbocycles. The van der Waals surface area contributed by atoms with Gasteiger partial charge in [0.2, 0.25) is 5.71 Å². The highest BCUT2D eigenvalue weighted by molar-refractivity contribution is 5.99. The molecule has 0 unspecified atom stereocenters. The van der Waals surface area contributed by atoms with E-state index in [9.17, 15) is 9.59 Å². The normalized spacial score (nSPS) is 10.5. The lowest BCUT2D eigenvalue weighted by Gasteiger charge is -2.05. The summed E-state index contributed by atoms with van der Waals surface area (Å²) in [5.74, 6) is 0.575. The van der Waals surface area contributed by atoms with Crippen molar-refractivity contribution in [2.24, 2.45) is 0 Å². The zero-order valence-electron chi connectivity index (χ0n) is 18.5. The third kappa shape index (κ3) is 6.08. The number of fused-ring (bicyclic) bond motifs is 1. The van der Waals surface area contributed by atoms with Gasteiger partial charge >= 0.3 is 5.97 Å². The number of carboxylic acid groups (broad SMARTS) is 1. The number of hydrogen-bond acceptors (Lipinski definition) is 6. The number of benzene rings is 2. The number of ether oxygens (including phenoxy) is 2. The van der Waals surface area contributed by atoms with E-state index in [1.54, 1.807) is 7.11 Å². The number of aromatic amines is 1. The molecule has 0 atom stereocenters. The second-order valence-electron chi connectivity index (χ2n) is 7.07. The molecule has 4 rings (SSSR count). The summed E-state index contributed by atoms with van der Waals surface area (Å²) >= 11 is 0. The summed E-state index contributed by atoms with van der Waals surface area (Å²) in [6.07, 6.45) is 2.40. The van der Waals surface area contributed by atoms with Gasteiger partial charge in [0.05, 0.1) is 26.5 Å². The fraction of sp³-hybridized carbons (Fsp3) is 0.240. The molecule has 2 aromatic carbocycles. The Hall–Kier alpha value is -3.91. The van der Waals surface area contributed by atoms with Gasteiger partial charge in [-0.15, -0.1) is 0 Å². The molecule has 2 aromatic heterocycles. The Labute approximate surface area is 190 Å². The number of methoxy groups -OCH3 is 1. The summed E-state index contributed by atoms with van der Waals surface area (Å²) in [4.78, 5) is 29.0. The number of carboxylic acids is 1. The molecule has 0 aliphatic carbocycles. The molecule has 2 N–H and O–H groups in total. The molecule has 33 heavy (non-hydrogen) atoms. The van der Waals surface area contributed by atoms with Crippen molar-refractivity contribution < 1.29 is 23.8 Å². The van der Waals surface area contributed by atoms with E-state index in [0.29, 0.717) is 30.1 Å². The maximum atomic E-state index is 12.4. The van der Waals surface area contributed by atoms with Crippen LogP contribution in [-0.4, -0.2) is 41.4 Å². The number of rotatable bonds is 8. The summed E-state index contributed by atoms with van der Waals surface area (Å²) in [7, 11) is 1.62. The van der Waals surface area contributed by atoms with Crippen LogP contribution in [0.5, 0.6) is 5.75 Å². The third-order valence-corrected chi connectivity index (χ3v) is 4.72. The molecular formula is C25H26N2O6. The maximum Gasteiger partial charge on any atom is 0.305 e. The lowest BCUT2D eigenvalue weighted by molar-refractivity contribution is -0.138. The molecule has 172 valence electrons. The summed E-state index contributed by atoms with van der Waals surface area (Å²) in [5, 5.41) is 8.58. The van der Waals surface area contributed by atoms with Gasteiger partial charge in [0.15, 0.2) is 0 Å². The highest BCUT2D eigenvalue weighted by atomic mass is 16.5. The number of aromatic nitrogens is 2. The maximum absolute atomic E-state index is 12.4. The van der Waals surface area contributed by atoms with Crippen molar-refractivity contribution >= 4 is 17.1 Å². The molecule has 0 fully saturated rings. The lowest BCUT2D eigenvalue weighted by atomic mass is 9.99. The molecule has 8 nitrogen and oxygen atoms in total. The Balaban J connectivity index is 0.000000292. The number of aliphatic carboxylic acids is 1. The Morgan fingerprint density at radius 1 is 1.06 bits per heavy atom. The van der Waals surface area contributed by atoms with Crippen molar-refractivity contribution in [2.45, 2.75) is 19.8 Å². The predicted molar refractivity (Wildman–Crippen MR) is 125 cm³/mol. The van der Waals surface area contributed by atoms with Crippen LogP contribution in [0.3, 0.4) is 0 Å². The van der Waals surface area contributed by atoms with Crippen LogP contribution in [0.25, 0.3) is 33.6 Å². The first-order chi connectivity index (χ1) is 16.0. The van der Waals surface area contributed by atoms with Gasteiger partial charge in [0.1, 0.15) is 16.9 Å². The first-order valence-corrected chi connectivity index (χ1v) is 10.5.